The van der Waals surface area contributed by atoms with Gasteiger partial charge in [-0.15, -0.1) is 0 Å². The fraction of sp³-hybridized carbons (Fsp3) is 0.294. The van der Waals surface area contributed by atoms with Crippen LogP contribution in [0.25, 0.3) is 0 Å². The molecule has 1 aliphatic heterocycles. The third kappa shape index (κ3) is 3.41. The highest BCUT2D eigenvalue weighted by Crippen LogP contribution is 2.33. The van der Waals surface area contributed by atoms with Crippen LogP contribution < -0.4 is 4.90 Å². The molecule has 2 aromatic rings. The summed E-state index contributed by atoms with van der Waals surface area (Å²) < 4.78 is 44.3. The summed E-state index contributed by atoms with van der Waals surface area (Å²) in [5.74, 6) is -0.397. The molecule has 24 heavy (non-hydrogen) atoms. The van der Waals surface area contributed by atoms with Gasteiger partial charge in [0.1, 0.15) is 5.69 Å². The van der Waals surface area contributed by atoms with Crippen molar-refractivity contribution in [3.05, 3.63) is 59.4 Å². The zero-order chi connectivity index (χ0) is 17.2. The highest BCUT2D eigenvalue weighted by atomic mass is 19.4. The van der Waals surface area contributed by atoms with Crippen LogP contribution in [0.1, 0.15) is 21.6 Å². The van der Waals surface area contributed by atoms with E-state index in [1.165, 1.54) is 0 Å². The quantitative estimate of drug-likeness (QED) is 0.808. The van der Waals surface area contributed by atoms with E-state index in [1.807, 2.05) is 0 Å². The number of nitrogens with zero attached hydrogens (tertiary/aromatic N) is 2. The first-order chi connectivity index (χ1) is 11.5. The van der Waals surface area contributed by atoms with Gasteiger partial charge >= 0.3 is 6.18 Å². The zero-order valence-corrected chi connectivity index (χ0v) is 12.7. The average Bonchev–Trinajstić information content (AvgIpc) is 2.61. The monoisotopic (exact) mass is 336 g/mol. The number of pyridine rings is 1. The minimum absolute atomic E-state index is 0.0242. The van der Waals surface area contributed by atoms with Crippen LogP contribution in [0.3, 0.4) is 0 Å². The van der Waals surface area contributed by atoms with Gasteiger partial charge in [0.25, 0.3) is 0 Å². The first-order valence-corrected chi connectivity index (χ1v) is 7.46. The molecule has 1 aromatic heterocycles. The Morgan fingerprint density at radius 1 is 1.12 bits per heavy atom. The van der Waals surface area contributed by atoms with Crippen LogP contribution in [-0.4, -0.2) is 37.1 Å². The standard InChI is InChI=1S/C17H15F3N2O2/c18-17(19,20)13-10-14(22-6-8-24-9-7-22)15(21-11-13)16(23)12-4-2-1-3-5-12/h1-5,10-11H,6-9H2. The normalized spacial score (nSPS) is 15.4. The molecule has 1 aliphatic rings. The van der Waals surface area contributed by atoms with E-state index in [1.54, 1.807) is 35.2 Å². The SMILES string of the molecule is O=C(c1ccccc1)c1ncc(C(F)(F)F)cc1N1CCOCC1. The number of carbonyl (C=O) groups excluding carboxylic acids is 1. The van der Waals surface area contributed by atoms with Gasteiger partial charge in [0, 0.05) is 24.8 Å². The molecule has 1 aromatic carbocycles. The van der Waals surface area contributed by atoms with Gasteiger partial charge in [-0.3, -0.25) is 4.79 Å². The van der Waals surface area contributed by atoms with E-state index in [0.29, 0.717) is 38.1 Å². The Hall–Kier alpha value is -2.41. The molecule has 0 spiro atoms. The van der Waals surface area contributed by atoms with Gasteiger partial charge in [-0.2, -0.15) is 13.2 Å². The first kappa shape index (κ1) is 16.4. The van der Waals surface area contributed by atoms with Crippen LogP contribution in [0.15, 0.2) is 42.6 Å². The molecule has 0 atom stereocenters. The van der Waals surface area contributed by atoms with E-state index < -0.39 is 17.5 Å². The van der Waals surface area contributed by atoms with Crippen molar-refractivity contribution in [2.75, 3.05) is 31.2 Å². The summed E-state index contributed by atoms with van der Waals surface area (Å²) in [5, 5.41) is 0. The maximum Gasteiger partial charge on any atom is 0.417 e. The van der Waals surface area contributed by atoms with Gasteiger partial charge in [0.05, 0.1) is 24.5 Å². The second-order valence-corrected chi connectivity index (χ2v) is 5.38. The van der Waals surface area contributed by atoms with E-state index in [2.05, 4.69) is 4.98 Å². The van der Waals surface area contributed by atoms with Crippen molar-refractivity contribution >= 4 is 11.5 Å². The fourth-order valence-electron chi connectivity index (χ4n) is 2.55. The number of aromatic nitrogens is 1. The molecule has 1 fully saturated rings. The van der Waals surface area contributed by atoms with Crippen molar-refractivity contribution in [1.29, 1.82) is 0 Å². The van der Waals surface area contributed by atoms with Gasteiger partial charge < -0.3 is 9.64 Å². The zero-order valence-electron chi connectivity index (χ0n) is 12.7. The summed E-state index contributed by atoms with van der Waals surface area (Å²) >= 11 is 0. The van der Waals surface area contributed by atoms with Crippen molar-refractivity contribution < 1.29 is 22.7 Å². The molecular formula is C17H15F3N2O2. The lowest BCUT2D eigenvalue weighted by Gasteiger charge is -2.30. The van der Waals surface area contributed by atoms with Gasteiger partial charge in [-0.1, -0.05) is 30.3 Å². The van der Waals surface area contributed by atoms with Crippen LogP contribution in [0.2, 0.25) is 0 Å². The molecule has 0 N–H and O–H groups in total. The van der Waals surface area contributed by atoms with Crippen molar-refractivity contribution in [3.8, 4) is 0 Å². The molecule has 0 saturated carbocycles. The molecule has 3 rings (SSSR count). The molecule has 7 heteroatoms. The van der Waals surface area contributed by atoms with Gasteiger partial charge in [-0.05, 0) is 6.07 Å². The maximum absolute atomic E-state index is 13.0. The third-order valence-corrected chi connectivity index (χ3v) is 3.80. The summed E-state index contributed by atoms with van der Waals surface area (Å²) in [5.41, 5.74) is -0.258. The van der Waals surface area contributed by atoms with Crippen LogP contribution >= 0.6 is 0 Å². The molecule has 0 bridgehead atoms. The Kier molecular flexibility index (Phi) is 4.53. The van der Waals surface area contributed by atoms with E-state index in [0.717, 1.165) is 6.07 Å². The number of anilines is 1. The largest absolute Gasteiger partial charge is 0.417 e. The van der Waals surface area contributed by atoms with Gasteiger partial charge in [0.2, 0.25) is 5.78 Å². The molecule has 0 unspecified atom stereocenters. The number of rotatable bonds is 3. The van der Waals surface area contributed by atoms with Crippen molar-refractivity contribution in [3.63, 3.8) is 0 Å². The van der Waals surface area contributed by atoms with Gasteiger partial charge in [-0.25, -0.2) is 4.98 Å². The number of hydrogen-bond donors (Lipinski definition) is 0. The molecule has 2 heterocycles. The molecule has 0 radical (unpaired) electrons. The Labute approximate surface area is 136 Å². The first-order valence-electron chi connectivity index (χ1n) is 7.46. The number of hydrogen-bond acceptors (Lipinski definition) is 4. The number of benzene rings is 1. The summed E-state index contributed by atoms with van der Waals surface area (Å²) in [6.07, 6.45) is -3.80. The smallest absolute Gasteiger partial charge is 0.378 e. The highest BCUT2D eigenvalue weighted by molar-refractivity contribution is 6.11. The van der Waals surface area contributed by atoms with Crippen molar-refractivity contribution in [2.45, 2.75) is 6.18 Å². The number of ketones is 1. The number of morpholine rings is 1. The van der Waals surface area contributed by atoms with E-state index in [-0.39, 0.29) is 11.4 Å². The molecule has 126 valence electrons. The summed E-state index contributed by atoms with van der Waals surface area (Å²) in [6, 6.07) is 9.39. The number of ether oxygens (including phenoxy) is 1. The minimum Gasteiger partial charge on any atom is -0.378 e. The second kappa shape index (κ2) is 6.60. The Morgan fingerprint density at radius 2 is 1.79 bits per heavy atom. The minimum atomic E-state index is -4.51. The lowest BCUT2D eigenvalue weighted by molar-refractivity contribution is -0.137. The number of alkyl halides is 3. The molecule has 0 amide bonds. The van der Waals surface area contributed by atoms with Gasteiger partial charge in [0.15, 0.2) is 0 Å². The van der Waals surface area contributed by atoms with Crippen molar-refractivity contribution in [2.24, 2.45) is 0 Å². The summed E-state index contributed by atoms with van der Waals surface area (Å²) in [4.78, 5) is 18.2. The molecular weight excluding hydrogens is 321 g/mol. The van der Waals surface area contributed by atoms with Crippen LogP contribution in [-0.2, 0) is 10.9 Å². The van der Waals surface area contributed by atoms with Crippen LogP contribution in [0, 0.1) is 0 Å². The molecule has 4 nitrogen and oxygen atoms in total. The predicted molar refractivity (Wildman–Crippen MR) is 82.1 cm³/mol. The summed E-state index contributed by atoms with van der Waals surface area (Å²) in [6.45, 7) is 1.63. The number of carbonyl (C=O) groups is 1. The van der Waals surface area contributed by atoms with E-state index >= 15 is 0 Å². The lowest BCUT2D eigenvalue weighted by atomic mass is 10.0. The average molecular weight is 336 g/mol. The summed E-state index contributed by atoms with van der Waals surface area (Å²) in [7, 11) is 0. The highest BCUT2D eigenvalue weighted by Gasteiger charge is 2.33. The Balaban J connectivity index is 2.05. The Bertz CT molecular complexity index is 726. The van der Waals surface area contributed by atoms with Crippen LogP contribution in [0.5, 0.6) is 0 Å². The van der Waals surface area contributed by atoms with E-state index in [4.69, 9.17) is 4.74 Å². The lowest BCUT2D eigenvalue weighted by Crippen LogP contribution is -2.37. The Morgan fingerprint density at radius 3 is 2.42 bits per heavy atom. The second-order valence-electron chi connectivity index (χ2n) is 5.38. The third-order valence-electron chi connectivity index (χ3n) is 3.80. The van der Waals surface area contributed by atoms with Crippen molar-refractivity contribution in [1.82, 2.24) is 4.98 Å². The topological polar surface area (TPSA) is 42.4 Å². The molecule has 0 aliphatic carbocycles. The molecule has 1 saturated heterocycles. The fourth-order valence-corrected chi connectivity index (χ4v) is 2.55. The van der Waals surface area contributed by atoms with Crippen LogP contribution in [0.4, 0.5) is 18.9 Å². The predicted octanol–water partition coefficient (Wildman–Crippen LogP) is 3.17. The van der Waals surface area contributed by atoms with E-state index in [9.17, 15) is 18.0 Å². The number of halogens is 3. The maximum atomic E-state index is 13.0.